The van der Waals surface area contributed by atoms with E-state index in [4.69, 9.17) is 4.74 Å². The number of rotatable bonds is 4. The number of hydrogen-bond acceptors (Lipinski definition) is 3. The molecule has 14 heavy (non-hydrogen) atoms. The highest BCUT2D eigenvalue weighted by Gasteiger charge is 2.08. The van der Waals surface area contributed by atoms with Gasteiger partial charge in [0.2, 0.25) is 5.88 Å². The third-order valence-electron chi connectivity index (χ3n) is 2.30. The van der Waals surface area contributed by atoms with Crippen molar-refractivity contribution in [2.45, 2.75) is 27.2 Å². The minimum Gasteiger partial charge on any atom is -0.480 e. The number of hydrogen-bond donors (Lipinski definition) is 1. The lowest BCUT2D eigenvalue weighted by Gasteiger charge is -2.13. The Kier molecular flexibility index (Phi) is 3.74. The molecule has 0 saturated heterocycles. The van der Waals surface area contributed by atoms with Crippen molar-refractivity contribution < 1.29 is 4.74 Å². The maximum Gasteiger partial charge on any atom is 0.237 e. The molecule has 1 N–H and O–H groups in total. The zero-order valence-electron chi connectivity index (χ0n) is 9.35. The van der Waals surface area contributed by atoms with E-state index >= 15 is 0 Å². The second-order valence-corrected chi connectivity index (χ2v) is 3.38. The van der Waals surface area contributed by atoms with Crippen LogP contribution in [0.15, 0.2) is 6.20 Å². The summed E-state index contributed by atoms with van der Waals surface area (Å²) < 4.78 is 5.20. The minimum atomic E-state index is 0.682. The molecule has 1 aromatic rings. The minimum absolute atomic E-state index is 0.682. The first-order valence-corrected chi connectivity index (χ1v) is 4.94. The van der Waals surface area contributed by atoms with Crippen LogP contribution in [-0.2, 0) is 0 Å². The number of nitrogens with one attached hydrogen (secondary N) is 1. The molecule has 0 aliphatic heterocycles. The van der Waals surface area contributed by atoms with Gasteiger partial charge in [-0.1, -0.05) is 6.92 Å². The summed E-state index contributed by atoms with van der Waals surface area (Å²) in [6.07, 6.45) is 2.93. The molecule has 0 saturated carbocycles. The van der Waals surface area contributed by atoms with E-state index in [1.165, 1.54) is 11.1 Å². The van der Waals surface area contributed by atoms with E-state index in [0.717, 1.165) is 18.7 Å². The Balaban J connectivity index is 3.01. The molecule has 0 atom stereocenters. The molecule has 0 bridgehead atoms. The van der Waals surface area contributed by atoms with E-state index < -0.39 is 0 Å². The summed E-state index contributed by atoms with van der Waals surface area (Å²) in [7, 11) is 1.65. The molecule has 0 amide bonds. The molecular weight excluding hydrogens is 176 g/mol. The molecule has 0 unspecified atom stereocenters. The van der Waals surface area contributed by atoms with Crippen molar-refractivity contribution in [2.24, 2.45) is 0 Å². The van der Waals surface area contributed by atoms with E-state index in [2.05, 4.69) is 31.1 Å². The monoisotopic (exact) mass is 194 g/mol. The smallest absolute Gasteiger partial charge is 0.237 e. The van der Waals surface area contributed by atoms with Crippen LogP contribution >= 0.6 is 0 Å². The molecule has 1 rings (SSSR count). The summed E-state index contributed by atoms with van der Waals surface area (Å²) >= 11 is 0. The molecule has 3 nitrogen and oxygen atoms in total. The third-order valence-corrected chi connectivity index (χ3v) is 2.30. The highest BCUT2D eigenvalue weighted by atomic mass is 16.5. The topological polar surface area (TPSA) is 34.1 Å². The summed E-state index contributed by atoms with van der Waals surface area (Å²) in [5.41, 5.74) is 3.42. The number of methoxy groups -OCH3 is 1. The Morgan fingerprint density at radius 2 is 2.14 bits per heavy atom. The first-order valence-electron chi connectivity index (χ1n) is 4.94. The normalized spacial score (nSPS) is 10.0. The Morgan fingerprint density at radius 1 is 1.43 bits per heavy atom. The van der Waals surface area contributed by atoms with Gasteiger partial charge in [0.25, 0.3) is 0 Å². The van der Waals surface area contributed by atoms with Crippen LogP contribution in [0.2, 0.25) is 0 Å². The van der Waals surface area contributed by atoms with Gasteiger partial charge in [-0.05, 0) is 31.4 Å². The largest absolute Gasteiger partial charge is 0.480 e. The molecule has 0 aromatic carbocycles. The summed E-state index contributed by atoms with van der Waals surface area (Å²) in [4.78, 5) is 4.23. The first kappa shape index (κ1) is 10.8. The molecule has 3 heteroatoms. The Labute approximate surface area is 85.5 Å². The van der Waals surface area contributed by atoms with Gasteiger partial charge in [-0.2, -0.15) is 0 Å². The van der Waals surface area contributed by atoms with E-state index in [9.17, 15) is 0 Å². The standard InChI is InChI=1S/C11H18N2O/c1-5-6-12-10-9(3)8(2)7-13-11(10)14-4/h7,12H,5-6H2,1-4H3. The molecule has 0 aliphatic rings. The quantitative estimate of drug-likeness (QED) is 0.799. The van der Waals surface area contributed by atoms with Gasteiger partial charge in [0, 0.05) is 12.7 Å². The average molecular weight is 194 g/mol. The van der Waals surface area contributed by atoms with E-state index in [-0.39, 0.29) is 0 Å². The SMILES string of the molecule is CCCNc1c(OC)ncc(C)c1C. The molecule has 78 valence electrons. The fourth-order valence-corrected chi connectivity index (χ4v) is 1.29. The lowest BCUT2D eigenvalue weighted by atomic mass is 10.1. The highest BCUT2D eigenvalue weighted by Crippen LogP contribution is 2.27. The number of aromatic nitrogens is 1. The third kappa shape index (κ3) is 2.16. The van der Waals surface area contributed by atoms with Gasteiger partial charge in [-0.25, -0.2) is 4.98 Å². The second-order valence-electron chi connectivity index (χ2n) is 3.38. The zero-order chi connectivity index (χ0) is 10.6. The lowest BCUT2D eigenvalue weighted by Crippen LogP contribution is -2.06. The zero-order valence-corrected chi connectivity index (χ0v) is 9.35. The van der Waals surface area contributed by atoms with Crippen LogP contribution in [-0.4, -0.2) is 18.6 Å². The summed E-state index contributed by atoms with van der Waals surface area (Å²) in [6, 6.07) is 0. The van der Waals surface area contributed by atoms with Crippen molar-refractivity contribution in [1.82, 2.24) is 4.98 Å². The van der Waals surface area contributed by atoms with Crippen LogP contribution in [0.4, 0.5) is 5.69 Å². The molecular formula is C11H18N2O. The summed E-state index contributed by atoms with van der Waals surface area (Å²) in [5.74, 6) is 0.682. The number of aryl methyl sites for hydroxylation is 1. The van der Waals surface area contributed by atoms with Gasteiger partial charge >= 0.3 is 0 Å². The van der Waals surface area contributed by atoms with Crippen molar-refractivity contribution in [3.63, 3.8) is 0 Å². The van der Waals surface area contributed by atoms with Crippen LogP contribution < -0.4 is 10.1 Å². The summed E-state index contributed by atoms with van der Waals surface area (Å²) in [6.45, 7) is 7.22. The molecule has 1 aromatic heterocycles. The molecule has 0 fully saturated rings. The molecule has 1 heterocycles. The maximum absolute atomic E-state index is 5.20. The molecule has 0 spiro atoms. The first-order chi connectivity index (χ1) is 6.70. The predicted octanol–water partition coefficient (Wildman–Crippen LogP) is 2.53. The maximum atomic E-state index is 5.20. The van der Waals surface area contributed by atoms with Gasteiger partial charge in [0.05, 0.1) is 7.11 Å². The molecule has 0 aliphatic carbocycles. The van der Waals surface area contributed by atoms with Gasteiger partial charge in [-0.3, -0.25) is 0 Å². The Morgan fingerprint density at radius 3 is 2.71 bits per heavy atom. The van der Waals surface area contributed by atoms with Crippen LogP contribution in [0.3, 0.4) is 0 Å². The highest BCUT2D eigenvalue weighted by molar-refractivity contribution is 5.60. The van der Waals surface area contributed by atoms with Gasteiger partial charge in [0.15, 0.2) is 0 Å². The summed E-state index contributed by atoms with van der Waals surface area (Å²) in [5, 5.41) is 3.34. The van der Waals surface area contributed by atoms with Crippen molar-refractivity contribution >= 4 is 5.69 Å². The van der Waals surface area contributed by atoms with Crippen molar-refractivity contribution in [2.75, 3.05) is 19.0 Å². The Bertz CT molecular complexity index is 310. The van der Waals surface area contributed by atoms with Gasteiger partial charge < -0.3 is 10.1 Å². The fraction of sp³-hybridized carbons (Fsp3) is 0.545. The number of pyridine rings is 1. The van der Waals surface area contributed by atoms with Crippen LogP contribution in [0.25, 0.3) is 0 Å². The fourth-order valence-electron chi connectivity index (χ4n) is 1.29. The average Bonchev–Trinajstić information content (AvgIpc) is 2.20. The van der Waals surface area contributed by atoms with Crippen molar-refractivity contribution in [3.05, 3.63) is 17.3 Å². The second kappa shape index (κ2) is 4.84. The van der Waals surface area contributed by atoms with E-state index in [1.54, 1.807) is 7.11 Å². The van der Waals surface area contributed by atoms with E-state index in [1.807, 2.05) is 6.20 Å². The van der Waals surface area contributed by atoms with Crippen molar-refractivity contribution in [1.29, 1.82) is 0 Å². The number of nitrogens with zero attached hydrogens (tertiary/aromatic N) is 1. The van der Waals surface area contributed by atoms with Crippen LogP contribution in [0.5, 0.6) is 5.88 Å². The van der Waals surface area contributed by atoms with Crippen LogP contribution in [0.1, 0.15) is 24.5 Å². The van der Waals surface area contributed by atoms with Gasteiger partial charge in [-0.15, -0.1) is 0 Å². The van der Waals surface area contributed by atoms with Gasteiger partial charge in [0.1, 0.15) is 5.69 Å². The number of anilines is 1. The van der Waals surface area contributed by atoms with E-state index in [0.29, 0.717) is 5.88 Å². The van der Waals surface area contributed by atoms with Crippen molar-refractivity contribution in [3.8, 4) is 5.88 Å². The lowest BCUT2D eigenvalue weighted by molar-refractivity contribution is 0.399. The van der Waals surface area contributed by atoms with Crippen LogP contribution in [0, 0.1) is 13.8 Å². The Hall–Kier alpha value is -1.25. The molecule has 0 radical (unpaired) electrons. The number of ether oxygens (including phenoxy) is 1. The predicted molar refractivity (Wildman–Crippen MR) is 59.0 cm³/mol.